The molecular weight excluding hydrogens is 308 g/mol. The van der Waals surface area contributed by atoms with E-state index in [1.165, 1.54) is 0 Å². The van der Waals surface area contributed by atoms with Gasteiger partial charge in [0, 0.05) is 32.1 Å². The number of carbonyl (C=O) groups excluding carboxylic acids is 1. The molecule has 0 atom stereocenters. The molecule has 0 saturated carbocycles. The minimum atomic E-state index is 0.199. The second kappa shape index (κ2) is 6.86. The number of aryl methyl sites for hydroxylation is 2. The molecule has 0 unspecified atom stereocenters. The summed E-state index contributed by atoms with van der Waals surface area (Å²) in [5.41, 5.74) is 8.12. The standard InChI is InChI=1S/C16H22N6O2/c1-10-15(11(2)24-21-10)12-9-13(20-16(17)19-12)18-6-4-8-22-7-3-5-14(22)23/h9H,3-8H2,1-2H3,(H3,17,18,19,20). The van der Waals surface area contributed by atoms with Gasteiger partial charge in [-0.25, -0.2) is 4.98 Å². The Bertz CT molecular complexity index is 723. The van der Waals surface area contributed by atoms with Crippen molar-refractivity contribution in [2.75, 3.05) is 30.7 Å². The van der Waals surface area contributed by atoms with E-state index in [0.29, 0.717) is 30.2 Å². The number of rotatable bonds is 6. The van der Waals surface area contributed by atoms with Crippen molar-refractivity contribution in [1.29, 1.82) is 0 Å². The van der Waals surface area contributed by atoms with Gasteiger partial charge in [-0.1, -0.05) is 5.16 Å². The summed E-state index contributed by atoms with van der Waals surface area (Å²) in [6.45, 7) is 6.05. The molecule has 24 heavy (non-hydrogen) atoms. The summed E-state index contributed by atoms with van der Waals surface area (Å²) >= 11 is 0. The normalized spacial score (nSPS) is 14.4. The molecule has 0 aliphatic carbocycles. The molecule has 1 saturated heterocycles. The van der Waals surface area contributed by atoms with E-state index in [0.717, 1.165) is 37.2 Å². The molecule has 1 aliphatic rings. The Morgan fingerprint density at radius 3 is 2.88 bits per heavy atom. The van der Waals surface area contributed by atoms with Gasteiger partial charge in [0.1, 0.15) is 11.6 Å². The van der Waals surface area contributed by atoms with Gasteiger partial charge < -0.3 is 20.5 Å². The summed E-state index contributed by atoms with van der Waals surface area (Å²) in [6, 6.07) is 1.84. The number of carbonyl (C=O) groups is 1. The zero-order valence-electron chi connectivity index (χ0n) is 14.0. The number of aromatic nitrogens is 3. The summed E-state index contributed by atoms with van der Waals surface area (Å²) in [7, 11) is 0. The second-order valence-corrected chi connectivity index (χ2v) is 5.96. The first-order valence-corrected chi connectivity index (χ1v) is 8.14. The fourth-order valence-electron chi connectivity index (χ4n) is 2.96. The van der Waals surface area contributed by atoms with Crippen LogP contribution < -0.4 is 11.1 Å². The van der Waals surface area contributed by atoms with E-state index in [4.69, 9.17) is 10.3 Å². The number of anilines is 2. The molecule has 8 nitrogen and oxygen atoms in total. The van der Waals surface area contributed by atoms with Crippen LogP contribution >= 0.6 is 0 Å². The van der Waals surface area contributed by atoms with Crippen LogP contribution in [0.1, 0.15) is 30.7 Å². The minimum Gasteiger partial charge on any atom is -0.370 e. The van der Waals surface area contributed by atoms with E-state index < -0.39 is 0 Å². The monoisotopic (exact) mass is 330 g/mol. The van der Waals surface area contributed by atoms with Crippen LogP contribution in [0.5, 0.6) is 0 Å². The molecule has 1 fully saturated rings. The van der Waals surface area contributed by atoms with Gasteiger partial charge in [-0.3, -0.25) is 4.79 Å². The molecule has 128 valence electrons. The van der Waals surface area contributed by atoms with E-state index in [9.17, 15) is 4.79 Å². The van der Waals surface area contributed by atoms with Crippen molar-refractivity contribution >= 4 is 17.7 Å². The van der Waals surface area contributed by atoms with Crippen LogP contribution in [0.3, 0.4) is 0 Å². The van der Waals surface area contributed by atoms with E-state index in [1.54, 1.807) is 0 Å². The summed E-state index contributed by atoms with van der Waals surface area (Å²) < 4.78 is 5.19. The highest BCUT2D eigenvalue weighted by Gasteiger charge is 2.19. The van der Waals surface area contributed by atoms with Crippen molar-refractivity contribution in [3.63, 3.8) is 0 Å². The molecule has 3 N–H and O–H groups in total. The van der Waals surface area contributed by atoms with Gasteiger partial charge in [-0.15, -0.1) is 0 Å². The summed E-state index contributed by atoms with van der Waals surface area (Å²) in [4.78, 5) is 22.0. The van der Waals surface area contributed by atoms with Crippen molar-refractivity contribution in [2.45, 2.75) is 33.1 Å². The molecule has 0 spiro atoms. The number of nitrogens with two attached hydrogens (primary N) is 1. The summed E-state index contributed by atoms with van der Waals surface area (Å²) in [5.74, 6) is 1.81. The maximum Gasteiger partial charge on any atom is 0.222 e. The molecular formula is C16H22N6O2. The Hall–Kier alpha value is -2.64. The molecule has 3 rings (SSSR count). The number of hydrogen-bond donors (Lipinski definition) is 2. The van der Waals surface area contributed by atoms with Gasteiger partial charge >= 0.3 is 0 Å². The average molecular weight is 330 g/mol. The minimum absolute atomic E-state index is 0.199. The smallest absolute Gasteiger partial charge is 0.222 e. The first-order chi connectivity index (χ1) is 11.5. The molecule has 2 aromatic heterocycles. The van der Waals surface area contributed by atoms with Crippen molar-refractivity contribution in [3.8, 4) is 11.3 Å². The van der Waals surface area contributed by atoms with Gasteiger partial charge in [0.15, 0.2) is 0 Å². The van der Waals surface area contributed by atoms with Gasteiger partial charge in [-0.05, 0) is 26.7 Å². The third kappa shape index (κ3) is 3.47. The Kier molecular flexibility index (Phi) is 4.64. The molecule has 3 heterocycles. The highest BCUT2D eigenvalue weighted by atomic mass is 16.5. The summed E-state index contributed by atoms with van der Waals surface area (Å²) in [5, 5.41) is 7.19. The van der Waals surface area contributed by atoms with Crippen LogP contribution in [-0.2, 0) is 4.79 Å². The van der Waals surface area contributed by atoms with Crippen LogP contribution in [-0.4, -0.2) is 45.6 Å². The predicted octanol–water partition coefficient (Wildman–Crippen LogP) is 1.76. The molecule has 0 radical (unpaired) electrons. The lowest BCUT2D eigenvalue weighted by molar-refractivity contribution is -0.127. The number of hydrogen-bond acceptors (Lipinski definition) is 7. The van der Waals surface area contributed by atoms with Crippen LogP contribution in [0.15, 0.2) is 10.6 Å². The highest BCUT2D eigenvalue weighted by molar-refractivity contribution is 5.78. The quantitative estimate of drug-likeness (QED) is 0.776. The number of nitrogens with zero attached hydrogens (tertiary/aromatic N) is 4. The Labute approximate surface area is 140 Å². The SMILES string of the molecule is Cc1noc(C)c1-c1cc(NCCCN2CCCC2=O)nc(N)n1. The second-order valence-electron chi connectivity index (χ2n) is 5.96. The largest absolute Gasteiger partial charge is 0.370 e. The van der Waals surface area contributed by atoms with Crippen molar-refractivity contribution in [1.82, 2.24) is 20.0 Å². The van der Waals surface area contributed by atoms with Gasteiger partial charge in [0.05, 0.1) is 17.0 Å². The zero-order chi connectivity index (χ0) is 17.1. The van der Waals surface area contributed by atoms with Crippen LogP contribution in [0.2, 0.25) is 0 Å². The fourth-order valence-corrected chi connectivity index (χ4v) is 2.96. The molecule has 2 aromatic rings. The van der Waals surface area contributed by atoms with Crippen LogP contribution in [0.4, 0.5) is 11.8 Å². The maximum atomic E-state index is 11.6. The first-order valence-electron chi connectivity index (χ1n) is 8.14. The molecule has 0 aromatic carbocycles. The van der Waals surface area contributed by atoms with E-state index in [2.05, 4.69) is 20.4 Å². The number of likely N-dealkylation sites (tertiary alicyclic amines) is 1. The van der Waals surface area contributed by atoms with E-state index >= 15 is 0 Å². The van der Waals surface area contributed by atoms with Crippen molar-refractivity contribution in [3.05, 3.63) is 17.5 Å². The Morgan fingerprint density at radius 2 is 2.21 bits per heavy atom. The Balaban J connectivity index is 1.63. The highest BCUT2D eigenvalue weighted by Crippen LogP contribution is 2.27. The molecule has 1 amide bonds. The van der Waals surface area contributed by atoms with Gasteiger partial charge in [0.2, 0.25) is 11.9 Å². The number of nitrogens with one attached hydrogen (secondary N) is 1. The lowest BCUT2D eigenvalue weighted by Crippen LogP contribution is -2.27. The van der Waals surface area contributed by atoms with Crippen LogP contribution in [0.25, 0.3) is 11.3 Å². The molecule has 1 aliphatic heterocycles. The lowest BCUT2D eigenvalue weighted by Gasteiger charge is -2.15. The third-order valence-corrected chi connectivity index (χ3v) is 4.12. The Morgan fingerprint density at radius 1 is 1.38 bits per heavy atom. The van der Waals surface area contributed by atoms with Crippen LogP contribution in [0, 0.1) is 13.8 Å². The van der Waals surface area contributed by atoms with Crippen molar-refractivity contribution < 1.29 is 9.32 Å². The van der Waals surface area contributed by atoms with Gasteiger partial charge in [0.25, 0.3) is 0 Å². The van der Waals surface area contributed by atoms with E-state index in [-0.39, 0.29) is 11.9 Å². The number of nitrogen functional groups attached to an aromatic ring is 1. The summed E-state index contributed by atoms with van der Waals surface area (Å²) in [6.07, 6.45) is 2.50. The lowest BCUT2D eigenvalue weighted by atomic mass is 10.1. The van der Waals surface area contributed by atoms with Gasteiger partial charge in [-0.2, -0.15) is 4.98 Å². The molecule has 0 bridgehead atoms. The predicted molar refractivity (Wildman–Crippen MR) is 90.3 cm³/mol. The molecule has 8 heteroatoms. The first kappa shape index (κ1) is 16.2. The maximum absolute atomic E-state index is 11.6. The van der Waals surface area contributed by atoms with Crippen molar-refractivity contribution in [2.24, 2.45) is 0 Å². The third-order valence-electron chi connectivity index (χ3n) is 4.12. The topological polar surface area (TPSA) is 110 Å². The zero-order valence-corrected chi connectivity index (χ0v) is 14.0. The average Bonchev–Trinajstić information content (AvgIpc) is 3.09. The van der Waals surface area contributed by atoms with E-state index in [1.807, 2.05) is 24.8 Å². The number of amides is 1. The fraction of sp³-hybridized carbons (Fsp3) is 0.500.